The molecule has 41 heavy (non-hydrogen) atoms. The minimum atomic E-state index is -0.737. The molecule has 1 aliphatic carbocycles. The second-order valence-electron chi connectivity index (χ2n) is 9.89. The van der Waals surface area contributed by atoms with Gasteiger partial charge in [-0.15, -0.1) is 0 Å². The molecule has 4 aromatic rings. The first-order chi connectivity index (χ1) is 20.0. The zero-order valence-corrected chi connectivity index (χ0v) is 22.8. The standard InChI is InChI=1S/C33H31NO7/c1-38-30-18-22(12-16-28(30)39-21-23-8-4-2-5-9-23)13-17-31(35)40-26-15-14-24-19-27(33(37)41-29(24)20-26)32(36)34-25-10-6-3-7-11-25/h2,4-5,8-9,12-20,25H,3,6-7,10-11,21H2,1H3,(H,34,36)/b17-13+. The van der Waals surface area contributed by atoms with Crippen LogP contribution in [0.3, 0.4) is 0 Å². The lowest BCUT2D eigenvalue weighted by atomic mass is 9.95. The summed E-state index contributed by atoms with van der Waals surface area (Å²) in [5.74, 6) is 0.285. The minimum Gasteiger partial charge on any atom is -0.493 e. The summed E-state index contributed by atoms with van der Waals surface area (Å²) in [5.41, 5.74) is 1.19. The first-order valence-electron chi connectivity index (χ1n) is 13.6. The van der Waals surface area contributed by atoms with Crippen molar-refractivity contribution in [2.24, 2.45) is 0 Å². The van der Waals surface area contributed by atoms with Crippen molar-refractivity contribution in [3.05, 3.63) is 106 Å². The van der Waals surface area contributed by atoms with Crippen LogP contribution in [-0.4, -0.2) is 25.0 Å². The van der Waals surface area contributed by atoms with Crippen LogP contribution in [0.4, 0.5) is 0 Å². The molecule has 0 unspecified atom stereocenters. The van der Waals surface area contributed by atoms with Gasteiger partial charge in [0.05, 0.1) is 7.11 Å². The van der Waals surface area contributed by atoms with E-state index in [1.807, 2.05) is 30.3 Å². The molecule has 0 spiro atoms. The Labute approximate surface area is 237 Å². The van der Waals surface area contributed by atoms with Gasteiger partial charge in [0.15, 0.2) is 11.5 Å². The van der Waals surface area contributed by atoms with Crippen molar-refractivity contribution in [3.63, 3.8) is 0 Å². The van der Waals surface area contributed by atoms with E-state index in [1.165, 1.54) is 24.6 Å². The van der Waals surface area contributed by atoms with E-state index >= 15 is 0 Å². The molecule has 1 aliphatic rings. The van der Waals surface area contributed by atoms with Gasteiger partial charge in [-0.25, -0.2) is 9.59 Å². The lowest BCUT2D eigenvalue weighted by Crippen LogP contribution is -2.38. The molecule has 1 aromatic heterocycles. The lowest BCUT2D eigenvalue weighted by molar-refractivity contribution is -0.128. The first kappa shape index (κ1) is 27.7. The number of rotatable bonds is 9. The highest BCUT2D eigenvalue weighted by Crippen LogP contribution is 2.29. The summed E-state index contributed by atoms with van der Waals surface area (Å²) in [4.78, 5) is 37.7. The topological polar surface area (TPSA) is 104 Å². The van der Waals surface area contributed by atoms with Gasteiger partial charge in [-0.1, -0.05) is 55.7 Å². The van der Waals surface area contributed by atoms with Crippen LogP contribution in [0.25, 0.3) is 17.0 Å². The summed E-state index contributed by atoms with van der Waals surface area (Å²) in [6, 6.07) is 21.4. The fourth-order valence-corrected chi connectivity index (χ4v) is 4.78. The van der Waals surface area contributed by atoms with Crippen LogP contribution in [-0.2, 0) is 11.4 Å². The second-order valence-corrected chi connectivity index (χ2v) is 9.89. The highest BCUT2D eigenvalue weighted by Gasteiger charge is 2.20. The van der Waals surface area contributed by atoms with Gasteiger partial charge in [-0.2, -0.15) is 0 Å². The summed E-state index contributed by atoms with van der Waals surface area (Å²) in [7, 11) is 1.55. The fourth-order valence-electron chi connectivity index (χ4n) is 4.78. The Morgan fingerprint density at radius 2 is 1.76 bits per heavy atom. The zero-order chi connectivity index (χ0) is 28.6. The Bertz CT molecular complexity index is 1620. The number of carbonyl (C=O) groups is 2. The quantitative estimate of drug-likeness (QED) is 0.116. The van der Waals surface area contributed by atoms with Gasteiger partial charge in [-0.3, -0.25) is 4.79 Å². The molecule has 0 radical (unpaired) electrons. The van der Waals surface area contributed by atoms with Crippen LogP contribution < -0.4 is 25.2 Å². The molecule has 0 aliphatic heterocycles. The molecule has 1 heterocycles. The summed E-state index contributed by atoms with van der Waals surface area (Å²) in [5, 5.41) is 3.49. The van der Waals surface area contributed by atoms with E-state index in [1.54, 1.807) is 43.5 Å². The molecule has 1 fully saturated rings. The number of esters is 1. The van der Waals surface area contributed by atoms with Crippen LogP contribution in [0.5, 0.6) is 17.2 Å². The average molecular weight is 554 g/mol. The predicted octanol–water partition coefficient (Wildman–Crippen LogP) is 6.06. The predicted molar refractivity (Wildman–Crippen MR) is 155 cm³/mol. The number of carbonyl (C=O) groups excluding carboxylic acids is 2. The third-order valence-electron chi connectivity index (χ3n) is 6.95. The van der Waals surface area contributed by atoms with Crippen molar-refractivity contribution in [2.75, 3.05) is 7.11 Å². The number of methoxy groups -OCH3 is 1. The van der Waals surface area contributed by atoms with Crippen molar-refractivity contribution in [1.82, 2.24) is 5.32 Å². The maximum absolute atomic E-state index is 12.7. The van der Waals surface area contributed by atoms with Crippen molar-refractivity contribution in [3.8, 4) is 17.2 Å². The highest BCUT2D eigenvalue weighted by molar-refractivity contribution is 5.97. The number of fused-ring (bicyclic) bond motifs is 1. The maximum Gasteiger partial charge on any atom is 0.349 e. The number of hydrogen-bond acceptors (Lipinski definition) is 7. The summed E-state index contributed by atoms with van der Waals surface area (Å²) in [6.07, 6.45) is 8.02. The molecule has 1 N–H and O–H groups in total. The van der Waals surface area contributed by atoms with E-state index < -0.39 is 17.5 Å². The number of nitrogens with one attached hydrogen (secondary N) is 1. The summed E-state index contributed by atoms with van der Waals surface area (Å²) < 4.78 is 22.1. The number of benzene rings is 3. The monoisotopic (exact) mass is 553 g/mol. The van der Waals surface area contributed by atoms with E-state index in [9.17, 15) is 14.4 Å². The molecule has 3 aromatic carbocycles. The van der Waals surface area contributed by atoms with E-state index in [0.717, 1.165) is 36.8 Å². The van der Waals surface area contributed by atoms with Crippen LogP contribution in [0.2, 0.25) is 0 Å². The third kappa shape index (κ3) is 7.22. The number of amides is 1. The molecule has 8 nitrogen and oxygen atoms in total. The Morgan fingerprint density at radius 1 is 0.951 bits per heavy atom. The van der Waals surface area contributed by atoms with E-state index in [4.69, 9.17) is 18.6 Å². The van der Waals surface area contributed by atoms with Crippen molar-refractivity contribution < 1.29 is 28.2 Å². The number of hydrogen-bond donors (Lipinski definition) is 1. The van der Waals surface area contributed by atoms with E-state index in [2.05, 4.69) is 5.32 Å². The normalized spacial score (nSPS) is 13.7. The van der Waals surface area contributed by atoms with Gasteiger partial charge in [0, 0.05) is 23.6 Å². The largest absolute Gasteiger partial charge is 0.493 e. The van der Waals surface area contributed by atoms with Gasteiger partial charge in [0.25, 0.3) is 5.91 Å². The Morgan fingerprint density at radius 3 is 2.54 bits per heavy atom. The maximum atomic E-state index is 12.7. The molecule has 5 rings (SSSR count). The van der Waals surface area contributed by atoms with Crippen molar-refractivity contribution in [2.45, 2.75) is 44.8 Å². The van der Waals surface area contributed by atoms with Gasteiger partial charge < -0.3 is 23.9 Å². The molecule has 0 atom stereocenters. The summed E-state index contributed by atoms with van der Waals surface area (Å²) in [6.45, 7) is 0.402. The van der Waals surface area contributed by atoms with Gasteiger partial charge in [0.2, 0.25) is 0 Å². The van der Waals surface area contributed by atoms with Gasteiger partial charge in [0.1, 0.15) is 23.5 Å². The molecule has 1 saturated carbocycles. The minimum absolute atomic E-state index is 0.0392. The van der Waals surface area contributed by atoms with Crippen LogP contribution >= 0.6 is 0 Å². The Kier molecular flexibility index (Phi) is 8.79. The van der Waals surface area contributed by atoms with Crippen molar-refractivity contribution in [1.29, 1.82) is 0 Å². The highest BCUT2D eigenvalue weighted by atomic mass is 16.5. The molecule has 0 bridgehead atoms. The van der Waals surface area contributed by atoms with Crippen molar-refractivity contribution >= 4 is 28.9 Å². The number of ether oxygens (including phenoxy) is 3. The van der Waals surface area contributed by atoms with E-state index in [-0.39, 0.29) is 22.9 Å². The molecular formula is C33H31NO7. The van der Waals surface area contributed by atoms with Crippen LogP contribution in [0.1, 0.15) is 53.6 Å². The smallest absolute Gasteiger partial charge is 0.349 e. The SMILES string of the molecule is COc1cc(/C=C/C(=O)Oc2ccc3cc(C(=O)NC4CCCCC4)c(=O)oc3c2)ccc1OCc1ccccc1. The lowest BCUT2D eigenvalue weighted by Gasteiger charge is -2.22. The second kappa shape index (κ2) is 13.0. The van der Waals surface area contributed by atoms with Gasteiger partial charge in [-0.05, 0) is 60.4 Å². The third-order valence-corrected chi connectivity index (χ3v) is 6.95. The Balaban J connectivity index is 1.22. The van der Waals surface area contributed by atoms with Crippen LogP contribution in [0, 0.1) is 0 Å². The molecule has 0 saturated heterocycles. The molecular weight excluding hydrogens is 522 g/mol. The average Bonchev–Trinajstić information content (AvgIpc) is 2.99. The first-order valence-corrected chi connectivity index (χ1v) is 13.6. The molecule has 8 heteroatoms. The Hall–Kier alpha value is -4.85. The molecule has 1 amide bonds. The van der Waals surface area contributed by atoms with Crippen LogP contribution in [0.15, 0.2) is 88.1 Å². The fraction of sp³-hybridized carbons (Fsp3) is 0.242. The molecule has 210 valence electrons. The van der Waals surface area contributed by atoms with E-state index in [0.29, 0.717) is 23.5 Å². The van der Waals surface area contributed by atoms with Gasteiger partial charge >= 0.3 is 11.6 Å². The zero-order valence-electron chi connectivity index (χ0n) is 22.8. The summed E-state index contributed by atoms with van der Waals surface area (Å²) >= 11 is 0.